The van der Waals surface area contributed by atoms with Gasteiger partial charge in [-0.15, -0.1) is 0 Å². The zero-order chi connectivity index (χ0) is 18.4. The summed E-state index contributed by atoms with van der Waals surface area (Å²) in [6, 6.07) is 10.5. The van der Waals surface area contributed by atoms with E-state index in [0.29, 0.717) is 18.1 Å². The standard InChI is InChI=1S/C21H22N4O2/c1-13-17(15-2-3-18-16(10-15)4-7-22-18)11-19-20(23-13)24-21(26)25(19)12-14-5-8-27-9-6-14/h2-4,7,10-11,14,22H,5-6,8-9,12H2,1H3,(H,23,24,26). The van der Waals surface area contributed by atoms with Crippen LogP contribution >= 0.6 is 0 Å². The predicted octanol–water partition coefficient (Wildman–Crippen LogP) is 3.61. The van der Waals surface area contributed by atoms with Crippen LogP contribution in [0.15, 0.2) is 41.3 Å². The molecule has 1 saturated heterocycles. The molecule has 2 N–H and O–H groups in total. The van der Waals surface area contributed by atoms with Crippen molar-refractivity contribution < 1.29 is 4.74 Å². The van der Waals surface area contributed by atoms with Crippen LogP contribution in [0.1, 0.15) is 18.5 Å². The molecule has 1 aliphatic heterocycles. The van der Waals surface area contributed by atoms with Crippen molar-refractivity contribution in [1.29, 1.82) is 0 Å². The molecule has 6 heteroatoms. The molecule has 6 nitrogen and oxygen atoms in total. The minimum atomic E-state index is -0.0818. The lowest BCUT2D eigenvalue weighted by atomic mass is 10.00. The second-order valence-corrected chi connectivity index (χ2v) is 7.37. The van der Waals surface area contributed by atoms with Crippen LogP contribution in [0.4, 0.5) is 0 Å². The van der Waals surface area contributed by atoms with Crippen molar-refractivity contribution in [2.24, 2.45) is 5.92 Å². The second-order valence-electron chi connectivity index (χ2n) is 7.37. The van der Waals surface area contributed by atoms with E-state index >= 15 is 0 Å². The first-order chi connectivity index (χ1) is 13.2. The fourth-order valence-electron chi connectivity index (χ4n) is 4.05. The topological polar surface area (TPSA) is 75.7 Å². The Morgan fingerprint density at radius 3 is 2.93 bits per heavy atom. The van der Waals surface area contributed by atoms with Crippen LogP contribution in [0.3, 0.4) is 0 Å². The summed E-state index contributed by atoms with van der Waals surface area (Å²) in [7, 11) is 0. The SMILES string of the molecule is Cc1nc2[nH]c(=O)n(CC3CCOCC3)c2cc1-c1ccc2[nH]ccc2c1. The number of nitrogens with one attached hydrogen (secondary N) is 2. The second kappa shape index (κ2) is 6.39. The van der Waals surface area contributed by atoms with Gasteiger partial charge in [-0.25, -0.2) is 9.78 Å². The number of H-pyrrole nitrogens is 2. The van der Waals surface area contributed by atoms with Crippen LogP contribution in [-0.2, 0) is 11.3 Å². The normalized spacial score (nSPS) is 15.7. The Bertz CT molecular complexity index is 1180. The fourth-order valence-corrected chi connectivity index (χ4v) is 4.05. The molecule has 4 aromatic rings. The molecule has 0 unspecified atom stereocenters. The van der Waals surface area contributed by atoms with Gasteiger partial charge in [0.1, 0.15) is 0 Å². The number of aromatic amines is 2. The predicted molar refractivity (Wildman–Crippen MR) is 106 cm³/mol. The van der Waals surface area contributed by atoms with Crippen LogP contribution in [-0.4, -0.2) is 32.7 Å². The minimum Gasteiger partial charge on any atom is -0.381 e. The zero-order valence-corrected chi connectivity index (χ0v) is 15.3. The van der Waals surface area contributed by atoms with Crippen LogP contribution < -0.4 is 5.69 Å². The third-order valence-electron chi connectivity index (χ3n) is 5.60. The Hall–Kier alpha value is -2.86. The van der Waals surface area contributed by atoms with Crippen molar-refractivity contribution in [2.45, 2.75) is 26.3 Å². The molecule has 0 saturated carbocycles. The average molecular weight is 362 g/mol. The van der Waals surface area contributed by atoms with Gasteiger partial charge in [0.2, 0.25) is 0 Å². The molecule has 0 spiro atoms. The van der Waals surface area contributed by atoms with E-state index in [1.165, 1.54) is 5.39 Å². The van der Waals surface area contributed by atoms with E-state index in [9.17, 15) is 4.79 Å². The van der Waals surface area contributed by atoms with Crippen molar-refractivity contribution in [3.05, 3.63) is 52.7 Å². The molecular weight excluding hydrogens is 340 g/mol. The smallest absolute Gasteiger partial charge is 0.327 e. The van der Waals surface area contributed by atoms with Gasteiger partial charge in [0.25, 0.3) is 0 Å². The Kier molecular flexibility index (Phi) is 3.86. The van der Waals surface area contributed by atoms with Crippen molar-refractivity contribution in [3.8, 4) is 11.1 Å². The van der Waals surface area contributed by atoms with Gasteiger partial charge >= 0.3 is 5.69 Å². The largest absolute Gasteiger partial charge is 0.381 e. The van der Waals surface area contributed by atoms with E-state index in [-0.39, 0.29) is 5.69 Å². The van der Waals surface area contributed by atoms with Gasteiger partial charge in [-0.1, -0.05) is 6.07 Å². The third-order valence-corrected chi connectivity index (χ3v) is 5.60. The summed E-state index contributed by atoms with van der Waals surface area (Å²) in [5.74, 6) is 0.469. The number of pyridine rings is 1. The molecule has 4 heterocycles. The summed E-state index contributed by atoms with van der Waals surface area (Å²) in [5.41, 5.74) is 5.66. The van der Waals surface area contributed by atoms with E-state index < -0.39 is 0 Å². The van der Waals surface area contributed by atoms with Gasteiger partial charge < -0.3 is 9.72 Å². The highest BCUT2D eigenvalue weighted by Crippen LogP contribution is 2.28. The number of aromatic nitrogens is 4. The summed E-state index contributed by atoms with van der Waals surface area (Å²) >= 11 is 0. The van der Waals surface area contributed by atoms with E-state index in [2.05, 4.69) is 45.3 Å². The molecule has 3 aromatic heterocycles. The van der Waals surface area contributed by atoms with E-state index in [0.717, 1.165) is 53.9 Å². The molecule has 0 atom stereocenters. The van der Waals surface area contributed by atoms with Crippen molar-refractivity contribution >= 4 is 22.1 Å². The number of rotatable bonds is 3. The Morgan fingerprint density at radius 1 is 1.22 bits per heavy atom. The highest BCUT2D eigenvalue weighted by Gasteiger charge is 2.18. The number of hydrogen-bond donors (Lipinski definition) is 2. The molecule has 0 aliphatic carbocycles. The highest BCUT2D eigenvalue weighted by atomic mass is 16.5. The lowest BCUT2D eigenvalue weighted by Gasteiger charge is -2.22. The molecule has 1 aliphatic rings. The van der Waals surface area contributed by atoms with Gasteiger partial charge in [0, 0.05) is 42.7 Å². The highest BCUT2D eigenvalue weighted by molar-refractivity contribution is 5.87. The first-order valence-electron chi connectivity index (χ1n) is 9.44. The Balaban J connectivity index is 1.61. The summed E-state index contributed by atoms with van der Waals surface area (Å²) < 4.78 is 7.29. The zero-order valence-electron chi connectivity index (χ0n) is 15.3. The molecule has 5 rings (SSSR count). The number of hydrogen-bond acceptors (Lipinski definition) is 3. The molecule has 0 amide bonds. The summed E-state index contributed by atoms with van der Waals surface area (Å²) in [6.07, 6.45) is 3.94. The van der Waals surface area contributed by atoms with Crippen molar-refractivity contribution in [2.75, 3.05) is 13.2 Å². The molecule has 0 bridgehead atoms. The van der Waals surface area contributed by atoms with Gasteiger partial charge in [0.05, 0.1) is 5.52 Å². The van der Waals surface area contributed by atoms with Crippen LogP contribution in [0.2, 0.25) is 0 Å². The lowest BCUT2D eigenvalue weighted by molar-refractivity contribution is 0.0613. The van der Waals surface area contributed by atoms with Crippen LogP contribution in [0, 0.1) is 12.8 Å². The lowest BCUT2D eigenvalue weighted by Crippen LogP contribution is -2.25. The van der Waals surface area contributed by atoms with E-state index in [1.807, 2.05) is 17.7 Å². The van der Waals surface area contributed by atoms with Crippen molar-refractivity contribution in [1.82, 2.24) is 19.5 Å². The molecule has 138 valence electrons. The van der Waals surface area contributed by atoms with Gasteiger partial charge in [-0.3, -0.25) is 9.55 Å². The molecule has 0 radical (unpaired) electrons. The average Bonchev–Trinajstić information content (AvgIpc) is 3.26. The summed E-state index contributed by atoms with van der Waals surface area (Å²) in [6.45, 7) is 4.26. The Morgan fingerprint density at radius 2 is 2.07 bits per heavy atom. The van der Waals surface area contributed by atoms with Gasteiger partial charge in [-0.2, -0.15) is 0 Å². The fraction of sp³-hybridized carbons (Fsp3) is 0.333. The maximum absolute atomic E-state index is 12.5. The van der Waals surface area contributed by atoms with E-state index in [4.69, 9.17) is 4.74 Å². The van der Waals surface area contributed by atoms with Gasteiger partial charge in [0.15, 0.2) is 5.65 Å². The minimum absolute atomic E-state index is 0.0818. The van der Waals surface area contributed by atoms with Crippen LogP contribution in [0.25, 0.3) is 33.2 Å². The first kappa shape index (κ1) is 16.3. The summed E-state index contributed by atoms with van der Waals surface area (Å²) in [4.78, 5) is 23.4. The number of aryl methyl sites for hydroxylation is 1. The van der Waals surface area contributed by atoms with Crippen LogP contribution in [0.5, 0.6) is 0 Å². The molecule has 27 heavy (non-hydrogen) atoms. The van der Waals surface area contributed by atoms with Crippen molar-refractivity contribution in [3.63, 3.8) is 0 Å². The first-order valence-corrected chi connectivity index (χ1v) is 9.44. The number of nitrogens with zero attached hydrogens (tertiary/aromatic N) is 2. The molecule has 1 fully saturated rings. The monoisotopic (exact) mass is 362 g/mol. The third kappa shape index (κ3) is 2.86. The molecular formula is C21H22N4O2. The van der Waals surface area contributed by atoms with E-state index in [1.54, 1.807) is 0 Å². The van der Waals surface area contributed by atoms with Gasteiger partial charge in [-0.05, 0) is 60.9 Å². The maximum Gasteiger partial charge on any atom is 0.327 e. The maximum atomic E-state index is 12.5. The molecule has 1 aromatic carbocycles. The Labute approximate surface area is 156 Å². The summed E-state index contributed by atoms with van der Waals surface area (Å²) in [5, 5.41) is 1.17. The number of imidazole rings is 1. The quantitative estimate of drug-likeness (QED) is 0.585. The number of ether oxygens (including phenoxy) is 1. The number of fused-ring (bicyclic) bond motifs is 2. The number of benzene rings is 1.